The third-order valence-electron chi connectivity index (χ3n) is 4.82. The van der Waals surface area contributed by atoms with Crippen molar-refractivity contribution in [2.45, 2.75) is 12.8 Å². The molecule has 0 atom stereocenters. The number of aromatic carboxylic acids is 1. The van der Waals surface area contributed by atoms with Crippen molar-refractivity contribution in [3.05, 3.63) is 83.7 Å². The highest BCUT2D eigenvalue weighted by atomic mass is 16.4. The molecule has 0 saturated heterocycles. The van der Waals surface area contributed by atoms with Gasteiger partial charge < -0.3 is 10.0 Å². The second-order valence-corrected chi connectivity index (χ2v) is 6.48. The number of anilines is 1. The summed E-state index contributed by atoms with van der Waals surface area (Å²) in [6.45, 7) is 0.644. The standard InChI is InChI=1S/C22H18N2O3/c25-21(13-17-10-9-16(14-23-17)22(26)27)24-12-11-19-18(7-4-8-20(19)24)15-5-2-1-3-6-15/h1-10,14H,11-13H2,(H,26,27). The molecular weight excluding hydrogens is 340 g/mol. The van der Waals surface area contributed by atoms with E-state index < -0.39 is 5.97 Å². The molecule has 1 aliphatic heterocycles. The van der Waals surface area contributed by atoms with Crippen LogP contribution in [0.1, 0.15) is 21.6 Å². The number of amides is 1. The van der Waals surface area contributed by atoms with Crippen molar-refractivity contribution in [2.75, 3.05) is 11.4 Å². The van der Waals surface area contributed by atoms with Gasteiger partial charge in [0.25, 0.3) is 0 Å². The number of hydrogen-bond donors (Lipinski definition) is 1. The Bertz CT molecular complexity index is 998. The lowest BCUT2D eigenvalue weighted by Crippen LogP contribution is -2.30. The van der Waals surface area contributed by atoms with Gasteiger partial charge in [-0.15, -0.1) is 0 Å². The van der Waals surface area contributed by atoms with Crippen LogP contribution in [0.25, 0.3) is 11.1 Å². The second kappa shape index (κ2) is 7.03. The molecular formula is C22H18N2O3. The largest absolute Gasteiger partial charge is 0.478 e. The number of hydrogen-bond acceptors (Lipinski definition) is 3. The van der Waals surface area contributed by atoms with Gasteiger partial charge >= 0.3 is 5.97 Å². The van der Waals surface area contributed by atoms with E-state index in [-0.39, 0.29) is 17.9 Å². The van der Waals surface area contributed by atoms with Gasteiger partial charge in [-0.05, 0) is 41.3 Å². The van der Waals surface area contributed by atoms with Gasteiger partial charge in [0.15, 0.2) is 0 Å². The van der Waals surface area contributed by atoms with E-state index in [4.69, 9.17) is 5.11 Å². The Morgan fingerprint density at radius 3 is 2.52 bits per heavy atom. The number of rotatable bonds is 4. The molecule has 5 nitrogen and oxygen atoms in total. The SMILES string of the molecule is O=C(O)c1ccc(CC(=O)N2CCc3c(-c4ccccc4)cccc32)nc1. The van der Waals surface area contributed by atoms with Crippen LogP contribution in [0.2, 0.25) is 0 Å². The first-order valence-corrected chi connectivity index (χ1v) is 8.79. The van der Waals surface area contributed by atoms with Crippen LogP contribution in [0.5, 0.6) is 0 Å². The van der Waals surface area contributed by atoms with Gasteiger partial charge in [0.2, 0.25) is 5.91 Å². The highest BCUT2D eigenvalue weighted by Gasteiger charge is 2.27. The maximum atomic E-state index is 12.8. The average molecular weight is 358 g/mol. The summed E-state index contributed by atoms with van der Waals surface area (Å²) in [7, 11) is 0. The Kier molecular flexibility index (Phi) is 4.42. The highest BCUT2D eigenvalue weighted by molar-refractivity contribution is 5.98. The summed E-state index contributed by atoms with van der Waals surface area (Å²) < 4.78 is 0. The number of carbonyl (C=O) groups is 2. The molecule has 27 heavy (non-hydrogen) atoms. The van der Waals surface area contributed by atoms with Crippen LogP contribution in [-0.2, 0) is 17.6 Å². The normalized spacial score (nSPS) is 12.7. The van der Waals surface area contributed by atoms with Crippen molar-refractivity contribution in [1.29, 1.82) is 0 Å². The Balaban J connectivity index is 1.57. The van der Waals surface area contributed by atoms with Gasteiger partial charge in [0.05, 0.1) is 12.0 Å². The first-order chi connectivity index (χ1) is 13.1. The zero-order valence-electron chi connectivity index (χ0n) is 14.6. The summed E-state index contributed by atoms with van der Waals surface area (Å²) in [6, 6.07) is 19.3. The Morgan fingerprint density at radius 1 is 1.00 bits per heavy atom. The van der Waals surface area contributed by atoms with Gasteiger partial charge in [0, 0.05) is 24.1 Å². The van der Waals surface area contributed by atoms with Crippen molar-refractivity contribution in [3.63, 3.8) is 0 Å². The predicted molar refractivity (Wildman–Crippen MR) is 103 cm³/mol. The van der Waals surface area contributed by atoms with Gasteiger partial charge in [-0.1, -0.05) is 42.5 Å². The fourth-order valence-corrected chi connectivity index (χ4v) is 3.49. The lowest BCUT2D eigenvalue weighted by molar-refractivity contribution is -0.117. The summed E-state index contributed by atoms with van der Waals surface area (Å²) in [4.78, 5) is 29.6. The zero-order valence-corrected chi connectivity index (χ0v) is 14.6. The minimum atomic E-state index is -1.03. The molecule has 5 heteroatoms. The van der Waals surface area contributed by atoms with Crippen LogP contribution in [-0.4, -0.2) is 28.5 Å². The first kappa shape index (κ1) is 17.0. The lowest BCUT2D eigenvalue weighted by atomic mass is 9.98. The van der Waals surface area contributed by atoms with Crippen molar-refractivity contribution < 1.29 is 14.7 Å². The van der Waals surface area contributed by atoms with E-state index in [1.54, 1.807) is 11.0 Å². The Hall–Kier alpha value is -3.47. The minimum absolute atomic E-state index is 0.0328. The number of benzene rings is 2. The Morgan fingerprint density at radius 2 is 1.81 bits per heavy atom. The molecule has 1 aliphatic rings. The molecule has 1 amide bonds. The predicted octanol–water partition coefficient (Wildman–Crippen LogP) is 3.58. The number of carbonyl (C=O) groups excluding carboxylic acids is 1. The van der Waals surface area contributed by atoms with Crippen LogP contribution < -0.4 is 4.90 Å². The number of carboxylic acid groups (broad SMARTS) is 1. The van der Waals surface area contributed by atoms with Crippen LogP contribution >= 0.6 is 0 Å². The van der Waals surface area contributed by atoms with E-state index in [2.05, 4.69) is 23.2 Å². The summed E-state index contributed by atoms with van der Waals surface area (Å²) in [5, 5.41) is 8.94. The molecule has 0 unspecified atom stereocenters. The molecule has 0 spiro atoms. The molecule has 0 fully saturated rings. The van der Waals surface area contributed by atoms with E-state index in [1.807, 2.05) is 30.3 Å². The molecule has 0 aliphatic carbocycles. The summed E-state index contributed by atoms with van der Waals surface area (Å²) in [5.41, 5.74) is 5.12. The van der Waals surface area contributed by atoms with Crippen LogP contribution in [0.3, 0.4) is 0 Å². The second-order valence-electron chi connectivity index (χ2n) is 6.48. The van der Waals surface area contributed by atoms with E-state index in [9.17, 15) is 9.59 Å². The van der Waals surface area contributed by atoms with E-state index in [0.29, 0.717) is 12.2 Å². The maximum absolute atomic E-state index is 12.8. The number of nitrogens with zero attached hydrogens (tertiary/aromatic N) is 2. The van der Waals surface area contributed by atoms with Gasteiger partial charge in [0.1, 0.15) is 0 Å². The van der Waals surface area contributed by atoms with Gasteiger partial charge in [-0.2, -0.15) is 0 Å². The van der Waals surface area contributed by atoms with Crippen LogP contribution in [0, 0.1) is 0 Å². The molecule has 0 radical (unpaired) electrons. The van der Waals surface area contributed by atoms with Gasteiger partial charge in [-0.3, -0.25) is 9.78 Å². The molecule has 4 rings (SSSR count). The number of fused-ring (bicyclic) bond motifs is 1. The van der Waals surface area contributed by atoms with Gasteiger partial charge in [-0.25, -0.2) is 4.79 Å². The first-order valence-electron chi connectivity index (χ1n) is 8.79. The molecule has 2 heterocycles. The lowest BCUT2D eigenvalue weighted by Gasteiger charge is -2.18. The molecule has 0 bridgehead atoms. The Labute approximate surface area is 156 Å². The van der Waals surface area contributed by atoms with E-state index >= 15 is 0 Å². The third kappa shape index (κ3) is 3.31. The van der Waals surface area contributed by atoms with E-state index in [1.165, 1.54) is 17.8 Å². The average Bonchev–Trinajstić information content (AvgIpc) is 3.13. The van der Waals surface area contributed by atoms with Crippen molar-refractivity contribution in [2.24, 2.45) is 0 Å². The molecule has 134 valence electrons. The molecule has 1 N–H and O–H groups in total. The highest BCUT2D eigenvalue weighted by Crippen LogP contribution is 2.36. The topological polar surface area (TPSA) is 70.5 Å². The number of carboxylic acids is 1. The smallest absolute Gasteiger partial charge is 0.337 e. The van der Waals surface area contributed by atoms with Crippen LogP contribution in [0.15, 0.2) is 66.9 Å². The quantitative estimate of drug-likeness (QED) is 0.774. The van der Waals surface area contributed by atoms with Crippen LogP contribution in [0.4, 0.5) is 5.69 Å². The monoisotopic (exact) mass is 358 g/mol. The third-order valence-corrected chi connectivity index (χ3v) is 4.82. The number of pyridine rings is 1. The maximum Gasteiger partial charge on any atom is 0.337 e. The minimum Gasteiger partial charge on any atom is -0.478 e. The van der Waals surface area contributed by atoms with E-state index in [0.717, 1.165) is 23.2 Å². The summed E-state index contributed by atoms with van der Waals surface area (Å²) in [6.07, 6.45) is 2.25. The molecule has 0 saturated carbocycles. The van der Waals surface area contributed by atoms with Crippen molar-refractivity contribution in [3.8, 4) is 11.1 Å². The number of aromatic nitrogens is 1. The molecule has 2 aromatic carbocycles. The summed E-state index contributed by atoms with van der Waals surface area (Å²) >= 11 is 0. The van der Waals surface area contributed by atoms with Crippen molar-refractivity contribution in [1.82, 2.24) is 4.98 Å². The molecule has 3 aromatic rings. The van der Waals surface area contributed by atoms with Crippen molar-refractivity contribution >= 4 is 17.6 Å². The summed E-state index contributed by atoms with van der Waals surface area (Å²) in [5.74, 6) is -1.06. The molecule has 1 aromatic heterocycles. The zero-order chi connectivity index (χ0) is 18.8. The fraction of sp³-hybridized carbons (Fsp3) is 0.136. The fourth-order valence-electron chi connectivity index (χ4n) is 3.49.